The summed E-state index contributed by atoms with van der Waals surface area (Å²) in [5.41, 5.74) is 3.43. The molecule has 3 rings (SSSR count). The van der Waals surface area contributed by atoms with Gasteiger partial charge in [-0.3, -0.25) is 19.3 Å². The number of thiol groups is 1. The Bertz CT molecular complexity index is 1110. The number of aromatic nitrogens is 1. The average Bonchev–Trinajstić information content (AvgIpc) is 3.13. The number of carbonyl (C=O) groups excluding carboxylic acids is 2. The van der Waals surface area contributed by atoms with Crippen molar-refractivity contribution in [3.63, 3.8) is 0 Å². The smallest absolute Gasteiger partial charge is 0.248 e. The van der Waals surface area contributed by atoms with E-state index >= 15 is 0 Å². The Morgan fingerprint density at radius 3 is 2.39 bits per heavy atom. The molecule has 0 atom stereocenters. The average molecular weight is 549 g/mol. The number of fused-ring (bicyclic) bond motifs is 1. The molecule has 10 heteroatoms. The molecule has 0 bridgehead atoms. The van der Waals surface area contributed by atoms with Crippen LogP contribution in [0.25, 0.3) is 10.9 Å². The zero-order valence-electron chi connectivity index (χ0n) is 23.8. The number of rotatable bonds is 10. The van der Waals surface area contributed by atoms with Gasteiger partial charge >= 0.3 is 0 Å². The van der Waals surface area contributed by atoms with Crippen molar-refractivity contribution in [3.05, 3.63) is 23.3 Å². The summed E-state index contributed by atoms with van der Waals surface area (Å²) in [6.45, 7) is 17.2. The number of nitrogens with two attached hydrogens (primary N) is 1. The van der Waals surface area contributed by atoms with Gasteiger partial charge in [-0.15, -0.1) is 0 Å². The first-order valence-corrected chi connectivity index (χ1v) is 14.3. The Morgan fingerprint density at radius 1 is 1.11 bits per heavy atom. The van der Waals surface area contributed by atoms with Gasteiger partial charge in [0.05, 0.1) is 5.52 Å². The van der Waals surface area contributed by atoms with Gasteiger partial charge in [0.25, 0.3) is 0 Å². The standard InChI is InChI=1S/C28H45N5O4S/c1-27(2,3)16-20-19-9-10-22(34)21(25(19)31-26(20)38-28(4,5)6)17-32-12-14-33(15-13-32)24(36)8-7-11-30-23(35)18-37-29/h9-10,31,34H,7-8,11-18,29H2,1-6H3,(H,30,35)/p+1. The third-order valence-electron chi connectivity index (χ3n) is 6.51. The molecule has 1 aromatic heterocycles. The highest BCUT2D eigenvalue weighted by Crippen LogP contribution is 2.37. The minimum atomic E-state index is -0.288. The monoisotopic (exact) mass is 548 g/mol. The number of benzene rings is 1. The SMILES string of the molecule is CC(C)(C)Cc1c([SH+]C(C)(C)C)[nH]c2c(CN3CCN(C(=O)CCCNC(=O)CON)CC3)c(O)ccc12. The first kappa shape index (κ1) is 30.3. The van der Waals surface area contributed by atoms with Crippen LogP contribution in [0.5, 0.6) is 5.75 Å². The number of aromatic hydroxyl groups is 1. The van der Waals surface area contributed by atoms with Crippen LogP contribution in [0.2, 0.25) is 0 Å². The lowest BCUT2D eigenvalue weighted by atomic mass is 9.88. The number of hydrogen-bond acceptors (Lipinski definition) is 6. The molecule has 0 unspecified atom stereocenters. The number of phenolic OH excluding ortho intramolecular Hbond substituents is 1. The quantitative estimate of drug-likeness (QED) is 0.157. The molecule has 2 amide bonds. The molecule has 1 saturated heterocycles. The molecule has 1 aliphatic rings. The maximum Gasteiger partial charge on any atom is 0.248 e. The van der Waals surface area contributed by atoms with Gasteiger partial charge in [-0.1, -0.05) is 20.8 Å². The minimum Gasteiger partial charge on any atom is -0.508 e. The summed E-state index contributed by atoms with van der Waals surface area (Å²) < 4.78 is 0.114. The Hall–Kier alpha value is -2.27. The first-order valence-electron chi connectivity index (χ1n) is 13.4. The first-order chi connectivity index (χ1) is 17.8. The van der Waals surface area contributed by atoms with Crippen LogP contribution >= 0.6 is 0 Å². The molecule has 2 heterocycles. The van der Waals surface area contributed by atoms with Crippen LogP contribution in [0.4, 0.5) is 0 Å². The molecular formula is C28H46N5O4S+. The van der Waals surface area contributed by atoms with E-state index in [0.29, 0.717) is 44.8 Å². The number of nitrogens with zero attached hydrogens (tertiary/aromatic N) is 2. The number of hydrogen-bond donors (Lipinski definition) is 4. The van der Waals surface area contributed by atoms with Crippen molar-refractivity contribution < 1.29 is 19.5 Å². The normalized spacial score (nSPS) is 15.3. The van der Waals surface area contributed by atoms with E-state index in [1.807, 2.05) is 11.0 Å². The molecule has 1 aliphatic heterocycles. The summed E-state index contributed by atoms with van der Waals surface area (Å²) in [6, 6.07) is 3.88. The summed E-state index contributed by atoms with van der Waals surface area (Å²) in [5.74, 6) is 5.00. The van der Waals surface area contributed by atoms with E-state index in [2.05, 4.69) is 67.6 Å². The fourth-order valence-electron chi connectivity index (χ4n) is 4.78. The summed E-state index contributed by atoms with van der Waals surface area (Å²) in [5, 5.41) is 16.0. The predicted molar refractivity (Wildman–Crippen MR) is 154 cm³/mol. The van der Waals surface area contributed by atoms with Gasteiger partial charge < -0.3 is 20.3 Å². The second-order valence-electron chi connectivity index (χ2n) is 12.4. The van der Waals surface area contributed by atoms with Crippen molar-refractivity contribution in [1.29, 1.82) is 0 Å². The Kier molecular flexibility index (Phi) is 10.1. The molecule has 5 N–H and O–H groups in total. The van der Waals surface area contributed by atoms with Crippen LogP contribution in [-0.2, 0) is 39.2 Å². The number of aromatic amines is 1. The van der Waals surface area contributed by atoms with Crippen molar-refractivity contribution in [2.75, 3.05) is 39.3 Å². The number of amides is 2. The van der Waals surface area contributed by atoms with Crippen molar-refractivity contribution in [3.8, 4) is 5.75 Å². The van der Waals surface area contributed by atoms with Crippen molar-refractivity contribution >= 4 is 34.5 Å². The van der Waals surface area contributed by atoms with Crippen LogP contribution in [0.3, 0.4) is 0 Å². The molecule has 9 nitrogen and oxygen atoms in total. The van der Waals surface area contributed by atoms with E-state index < -0.39 is 0 Å². The van der Waals surface area contributed by atoms with Gasteiger partial charge in [-0.25, -0.2) is 5.90 Å². The summed E-state index contributed by atoms with van der Waals surface area (Å²) in [7, 11) is 0. The van der Waals surface area contributed by atoms with Crippen molar-refractivity contribution in [2.24, 2.45) is 11.3 Å². The topological polar surface area (TPSA) is 124 Å². The second kappa shape index (κ2) is 12.7. The van der Waals surface area contributed by atoms with Gasteiger partial charge in [0.2, 0.25) is 16.8 Å². The van der Waals surface area contributed by atoms with Crippen LogP contribution in [0, 0.1) is 5.41 Å². The number of carbonyl (C=O) groups is 2. The fraction of sp³-hybridized carbons (Fsp3) is 0.643. The third kappa shape index (κ3) is 8.62. The molecule has 1 fully saturated rings. The van der Waals surface area contributed by atoms with E-state index in [1.54, 1.807) is 0 Å². The molecule has 0 radical (unpaired) electrons. The highest BCUT2D eigenvalue weighted by Gasteiger charge is 2.31. The number of nitrogens with one attached hydrogen (secondary N) is 2. The molecule has 0 saturated carbocycles. The van der Waals surface area contributed by atoms with E-state index in [-0.39, 0.29) is 28.6 Å². The van der Waals surface area contributed by atoms with E-state index in [0.717, 1.165) is 30.6 Å². The van der Waals surface area contributed by atoms with Crippen LogP contribution in [-0.4, -0.2) is 75.8 Å². The van der Waals surface area contributed by atoms with E-state index in [1.165, 1.54) is 27.7 Å². The maximum absolute atomic E-state index is 12.6. The summed E-state index contributed by atoms with van der Waals surface area (Å²) in [4.78, 5) is 36.2. The number of phenols is 1. The molecule has 2 aromatic rings. The van der Waals surface area contributed by atoms with Crippen LogP contribution in [0.15, 0.2) is 17.2 Å². The third-order valence-corrected chi connectivity index (χ3v) is 7.78. The minimum absolute atomic E-state index is 0.0981. The lowest BCUT2D eigenvalue weighted by Gasteiger charge is -2.35. The van der Waals surface area contributed by atoms with Crippen LogP contribution in [0.1, 0.15) is 65.5 Å². The number of H-pyrrole nitrogens is 1. The Balaban J connectivity index is 1.67. The fourth-order valence-corrected chi connectivity index (χ4v) is 5.96. The van der Waals surface area contributed by atoms with Gasteiger partial charge in [0.1, 0.15) is 17.1 Å². The van der Waals surface area contributed by atoms with Gasteiger partial charge in [0, 0.05) is 74.0 Å². The maximum atomic E-state index is 12.6. The van der Waals surface area contributed by atoms with E-state index in [9.17, 15) is 14.7 Å². The van der Waals surface area contributed by atoms with Crippen molar-refractivity contribution in [2.45, 2.75) is 77.1 Å². The summed E-state index contributed by atoms with van der Waals surface area (Å²) >= 11 is 1.24. The van der Waals surface area contributed by atoms with Crippen molar-refractivity contribution in [1.82, 2.24) is 20.1 Å². The highest BCUT2D eigenvalue weighted by molar-refractivity contribution is 7.80. The zero-order chi connectivity index (χ0) is 28.1. The lowest BCUT2D eigenvalue weighted by Crippen LogP contribution is -2.48. The molecule has 212 valence electrons. The molecular weight excluding hydrogens is 502 g/mol. The number of piperazine rings is 1. The lowest BCUT2D eigenvalue weighted by molar-refractivity contribution is -0.133. The van der Waals surface area contributed by atoms with Crippen LogP contribution < -0.4 is 11.2 Å². The highest BCUT2D eigenvalue weighted by atomic mass is 32.2. The second-order valence-corrected chi connectivity index (χ2v) is 14.4. The van der Waals surface area contributed by atoms with E-state index in [4.69, 9.17) is 5.90 Å². The van der Waals surface area contributed by atoms with Gasteiger partial charge in [0.15, 0.2) is 0 Å². The summed E-state index contributed by atoms with van der Waals surface area (Å²) in [6.07, 6.45) is 1.92. The Morgan fingerprint density at radius 2 is 1.79 bits per heavy atom. The molecule has 0 spiro atoms. The van der Waals surface area contributed by atoms with Gasteiger partial charge in [-0.2, -0.15) is 0 Å². The molecule has 38 heavy (non-hydrogen) atoms. The zero-order valence-corrected chi connectivity index (χ0v) is 24.7. The Labute approximate surface area is 230 Å². The molecule has 1 aromatic carbocycles. The van der Waals surface area contributed by atoms with Gasteiger partial charge in [-0.05, 0) is 51.2 Å². The molecule has 0 aliphatic carbocycles. The largest absolute Gasteiger partial charge is 0.508 e. The predicted octanol–water partition coefficient (Wildman–Crippen LogP) is 2.87.